The summed E-state index contributed by atoms with van der Waals surface area (Å²) in [7, 11) is 0. The van der Waals surface area contributed by atoms with E-state index in [1.54, 1.807) is 31.2 Å². The van der Waals surface area contributed by atoms with E-state index >= 15 is 0 Å². The number of carbonyl (C=O) groups excluding carboxylic acids is 1. The van der Waals surface area contributed by atoms with Crippen LogP contribution >= 0.6 is 0 Å². The molecule has 0 spiro atoms. The van der Waals surface area contributed by atoms with Gasteiger partial charge in [0, 0.05) is 22.9 Å². The van der Waals surface area contributed by atoms with Crippen LogP contribution in [-0.4, -0.2) is 5.91 Å². The predicted octanol–water partition coefficient (Wildman–Crippen LogP) is 4.49. The second-order valence-electron chi connectivity index (χ2n) is 5.87. The Morgan fingerprint density at radius 3 is 2.39 bits per heavy atom. The normalized spacial score (nSPS) is 15.1. The van der Waals surface area contributed by atoms with E-state index in [1.807, 2.05) is 0 Å². The van der Waals surface area contributed by atoms with Crippen LogP contribution in [0.5, 0.6) is 0 Å². The molecular weight excluding hydrogens is 298 g/mol. The minimum atomic E-state index is -0.465. The summed E-state index contributed by atoms with van der Waals surface area (Å²) >= 11 is 0. The number of carbonyl (C=O) groups is 1. The Kier molecular flexibility index (Phi) is 4.28. The van der Waals surface area contributed by atoms with Crippen LogP contribution in [0.15, 0.2) is 42.5 Å². The van der Waals surface area contributed by atoms with Crippen LogP contribution in [0.1, 0.15) is 31.4 Å². The Bertz CT molecular complexity index is 711. The van der Waals surface area contributed by atoms with Gasteiger partial charge in [0.05, 0.1) is 6.04 Å². The van der Waals surface area contributed by atoms with Crippen molar-refractivity contribution in [2.24, 2.45) is 5.92 Å². The molecule has 1 unspecified atom stereocenters. The maximum atomic E-state index is 13.8. The molecule has 120 valence electrons. The highest BCUT2D eigenvalue weighted by Crippen LogP contribution is 2.30. The Morgan fingerprint density at radius 1 is 1.09 bits per heavy atom. The van der Waals surface area contributed by atoms with Crippen molar-refractivity contribution in [3.8, 4) is 0 Å². The fraction of sp³-hybridized carbons (Fsp3) is 0.278. The van der Waals surface area contributed by atoms with Crippen molar-refractivity contribution >= 4 is 17.3 Å². The van der Waals surface area contributed by atoms with E-state index in [0.29, 0.717) is 0 Å². The van der Waals surface area contributed by atoms with Crippen LogP contribution < -0.4 is 10.6 Å². The van der Waals surface area contributed by atoms with Crippen molar-refractivity contribution in [2.75, 3.05) is 10.6 Å². The molecule has 23 heavy (non-hydrogen) atoms. The highest BCUT2D eigenvalue weighted by molar-refractivity contribution is 5.94. The minimum Gasteiger partial charge on any atom is -0.378 e. The topological polar surface area (TPSA) is 41.1 Å². The summed E-state index contributed by atoms with van der Waals surface area (Å²) in [6, 6.07) is 10.2. The molecule has 1 saturated carbocycles. The number of hydrogen-bond donors (Lipinski definition) is 2. The monoisotopic (exact) mass is 316 g/mol. The maximum absolute atomic E-state index is 13.8. The van der Waals surface area contributed by atoms with Crippen molar-refractivity contribution in [2.45, 2.75) is 25.8 Å². The Balaban J connectivity index is 1.65. The third-order valence-electron chi connectivity index (χ3n) is 3.91. The van der Waals surface area contributed by atoms with Crippen LogP contribution in [0.4, 0.5) is 20.2 Å². The average molecular weight is 316 g/mol. The van der Waals surface area contributed by atoms with Crippen LogP contribution in [-0.2, 0) is 4.79 Å². The lowest BCUT2D eigenvalue weighted by molar-refractivity contribution is -0.117. The molecule has 1 atom stereocenters. The molecule has 0 aromatic heterocycles. The van der Waals surface area contributed by atoms with E-state index in [2.05, 4.69) is 10.6 Å². The number of halogens is 2. The first-order valence-electron chi connectivity index (χ1n) is 7.65. The first kappa shape index (κ1) is 15.5. The molecule has 3 rings (SSSR count). The van der Waals surface area contributed by atoms with Gasteiger partial charge in [-0.2, -0.15) is 0 Å². The number of benzene rings is 2. The largest absolute Gasteiger partial charge is 0.378 e. The SMILES string of the molecule is CC(Nc1ccc(NC(=O)C2CC2)cc1)c1cc(F)ccc1F. The quantitative estimate of drug-likeness (QED) is 0.853. The van der Waals surface area contributed by atoms with Crippen molar-refractivity contribution in [1.82, 2.24) is 0 Å². The Labute approximate surface area is 133 Å². The molecule has 2 N–H and O–H groups in total. The lowest BCUT2D eigenvalue weighted by atomic mass is 10.1. The van der Waals surface area contributed by atoms with Gasteiger partial charge >= 0.3 is 0 Å². The molecule has 3 nitrogen and oxygen atoms in total. The number of amides is 1. The van der Waals surface area contributed by atoms with Crippen LogP contribution in [0, 0.1) is 17.6 Å². The highest BCUT2D eigenvalue weighted by atomic mass is 19.1. The zero-order valence-electron chi connectivity index (χ0n) is 12.8. The highest BCUT2D eigenvalue weighted by Gasteiger charge is 2.29. The van der Waals surface area contributed by atoms with E-state index in [9.17, 15) is 13.6 Å². The van der Waals surface area contributed by atoms with Crippen molar-refractivity contribution in [3.05, 3.63) is 59.7 Å². The molecule has 1 amide bonds. The molecule has 0 radical (unpaired) electrons. The van der Waals surface area contributed by atoms with Gasteiger partial charge < -0.3 is 10.6 Å². The molecule has 0 heterocycles. The number of rotatable bonds is 5. The molecule has 0 saturated heterocycles. The van der Waals surface area contributed by atoms with Gasteiger partial charge in [-0.05, 0) is 62.2 Å². The van der Waals surface area contributed by atoms with Crippen molar-refractivity contribution < 1.29 is 13.6 Å². The van der Waals surface area contributed by atoms with E-state index in [1.165, 1.54) is 6.07 Å². The molecule has 2 aromatic rings. The summed E-state index contributed by atoms with van der Waals surface area (Å²) in [5.41, 5.74) is 1.78. The van der Waals surface area contributed by atoms with Gasteiger partial charge in [0.25, 0.3) is 0 Å². The van der Waals surface area contributed by atoms with Crippen molar-refractivity contribution in [1.29, 1.82) is 0 Å². The third-order valence-corrected chi connectivity index (χ3v) is 3.91. The number of hydrogen-bond acceptors (Lipinski definition) is 2. The summed E-state index contributed by atoms with van der Waals surface area (Å²) in [5.74, 6) is -0.697. The minimum absolute atomic E-state index is 0.0564. The summed E-state index contributed by atoms with van der Waals surface area (Å²) in [6.07, 6.45) is 1.92. The number of nitrogens with one attached hydrogen (secondary N) is 2. The summed E-state index contributed by atoms with van der Waals surface area (Å²) in [5, 5.41) is 5.98. The van der Waals surface area contributed by atoms with Gasteiger partial charge in [-0.3, -0.25) is 4.79 Å². The third kappa shape index (κ3) is 3.86. The second-order valence-corrected chi connectivity index (χ2v) is 5.87. The molecule has 2 aromatic carbocycles. The first-order valence-corrected chi connectivity index (χ1v) is 7.65. The van der Waals surface area contributed by atoms with Crippen molar-refractivity contribution in [3.63, 3.8) is 0 Å². The lowest BCUT2D eigenvalue weighted by Gasteiger charge is -2.17. The second kappa shape index (κ2) is 6.36. The van der Waals surface area contributed by atoms with E-state index in [0.717, 1.165) is 36.3 Å². The zero-order chi connectivity index (χ0) is 16.4. The van der Waals surface area contributed by atoms with E-state index in [-0.39, 0.29) is 23.4 Å². The summed E-state index contributed by atoms with van der Waals surface area (Å²) in [4.78, 5) is 11.7. The van der Waals surface area contributed by atoms with Gasteiger partial charge in [-0.25, -0.2) is 8.78 Å². The van der Waals surface area contributed by atoms with Gasteiger partial charge in [0.2, 0.25) is 5.91 Å². The zero-order valence-corrected chi connectivity index (χ0v) is 12.8. The smallest absolute Gasteiger partial charge is 0.227 e. The first-order chi connectivity index (χ1) is 11.0. The van der Waals surface area contributed by atoms with Gasteiger partial charge in [-0.1, -0.05) is 0 Å². The molecule has 1 aliphatic rings. The van der Waals surface area contributed by atoms with Gasteiger partial charge in [-0.15, -0.1) is 0 Å². The molecule has 0 bridgehead atoms. The fourth-order valence-electron chi connectivity index (χ4n) is 2.41. The van der Waals surface area contributed by atoms with Crippen LogP contribution in [0.2, 0.25) is 0 Å². The number of anilines is 2. The van der Waals surface area contributed by atoms with Gasteiger partial charge in [0.1, 0.15) is 11.6 Å². The lowest BCUT2D eigenvalue weighted by Crippen LogP contribution is -2.13. The summed E-state index contributed by atoms with van der Waals surface area (Å²) in [6.45, 7) is 1.76. The summed E-state index contributed by atoms with van der Waals surface area (Å²) < 4.78 is 27.0. The van der Waals surface area contributed by atoms with Crippen LogP contribution in [0.3, 0.4) is 0 Å². The Morgan fingerprint density at radius 2 is 1.74 bits per heavy atom. The molecule has 1 fully saturated rings. The molecule has 0 aliphatic heterocycles. The van der Waals surface area contributed by atoms with E-state index in [4.69, 9.17) is 0 Å². The fourth-order valence-corrected chi connectivity index (χ4v) is 2.41. The van der Waals surface area contributed by atoms with Crippen LogP contribution in [0.25, 0.3) is 0 Å². The predicted molar refractivity (Wildman–Crippen MR) is 86.2 cm³/mol. The van der Waals surface area contributed by atoms with Gasteiger partial charge in [0.15, 0.2) is 0 Å². The Hall–Kier alpha value is -2.43. The molecule has 5 heteroatoms. The molecular formula is C18H18F2N2O. The van der Waals surface area contributed by atoms with E-state index < -0.39 is 11.6 Å². The maximum Gasteiger partial charge on any atom is 0.227 e. The molecule has 1 aliphatic carbocycles. The average Bonchev–Trinajstić information content (AvgIpc) is 3.36. The standard InChI is InChI=1S/C18H18F2N2O/c1-11(16-10-13(19)4-9-17(16)20)21-14-5-7-15(8-6-14)22-18(23)12-2-3-12/h4-12,21H,2-3H2,1H3,(H,22,23).